The van der Waals surface area contributed by atoms with Crippen LogP contribution in [-0.2, 0) is 20.4 Å². The average molecular weight is 336 g/mol. The molecule has 1 aromatic rings. The Balaban J connectivity index is 3.52. The highest BCUT2D eigenvalue weighted by atomic mass is 16.5. The molecule has 4 heteroatoms. The van der Waals surface area contributed by atoms with Crippen LogP contribution in [0.25, 0.3) is 0 Å². The number of aromatic hydroxyl groups is 1. The Morgan fingerprint density at radius 3 is 1.88 bits per heavy atom. The van der Waals surface area contributed by atoms with Crippen molar-refractivity contribution in [3.63, 3.8) is 0 Å². The van der Waals surface area contributed by atoms with Crippen LogP contribution in [0.15, 0.2) is 12.1 Å². The van der Waals surface area contributed by atoms with E-state index in [4.69, 9.17) is 4.74 Å². The molecular formula is C20H32O4. The van der Waals surface area contributed by atoms with Gasteiger partial charge >= 0.3 is 5.97 Å². The summed E-state index contributed by atoms with van der Waals surface area (Å²) in [6.45, 7) is 12.8. The third-order valence-electron chi connectivity index (χ3n) is 4.31. The Hall–Kier alpha value is -1.55. The third-order valence-corrected chi connectivity index (χ3v) is 4.31. The maximum Gasteiger partial charge on any atom is 0.303 e. The van der Waals surface area contributed by atoms with Crippen molar-refractivity contribution >= 4 is 5.97 Å². The van der Waals surface area contributed by atoms with Gasteiger partial charge in [0, 0.05) is 13.7 Å². The molecule has 1 rings (SSSR count). The summed E-state index contributed by atoms with van der Waals surface area (Å²) in [4.78, 5) is 11.3. The van der Waals surface area contributed by atoms with E-state index in [0.29, 0.717) is 18.8 Å². The maximum atomic E-state index is 11.3. The number of carboxylic acids is 1. The van der Waals surface area contributed by atoms with E-state index in [9.17, 15) is 15.0 Å². The fourth-order valence-corrected chi connectivity index (χ4v) is 2.89. The largest absolute Gasteiger partial charge is 0.507 e. The molecule has 0 amide bonds. The van der Waals surface area contributed by atoms with Crippen LogP contribution in [0.3, 0.4) is 0 Å². The molecule has 0 aliphatic carbocycles. The smallest absolute Gasteiger partial charge is 0.303 e. The SMILES string of the molecule is COCCC(CC(=O)O)c1cc(C(C)(C)C)c(O)c(C(C)(C)C)c1. The second-order valence-electron chi connectivity index (χ2n) is 8.54. The van der Waals surface area contributed by atoms with Crippen LogP contribution in [0.5, 0.6) is 5.75 Å². The number of rotatable bonds is 6. The lowest BCUT2D eigenvalue weighted by atomic mass is 9.76. The van der Waals surface area contributed by atoms with E-state index in [1.54, 1.807) is 7.11 Å². The lowest BCUT2D eigenvalue weighted by Gasteiger charge is -2.29. The summed E-state index contributed by atoms with van der Waals surface area (Å²) in [6, 6.07) is 3.93. The van der Waals surface area contributed by atoms with E-state index in [1.165, 1.54) is 0 Å². The minimum atomic E-state index is -0.821. The molecule has 136 valence electrons. The van der Waals surface area contributed by atoms with Gasteiger partial charge in [-0.1, -0.05) is 53.7 Å². The number of hydrogen-bond donors (Lipinski definition) is 2. The van der Waals surface area contributed by atoms with Crippen LogP contribution in [0.1, 0.15) is 77.0 Å². The number of phenols is 1. The summed E-state index contributed by atoms with van der Waals surface area (Å²) in [5.74, 6) is -0.636. The Kier molecular flexibility index (Phi) is 6.45. The molecule has 0 heterocycles. The van der Waals surface area contributed by atoms with Crippen molar-refractivity contribution < 1.29 is 19.7 Å². The monoisotopic (exact) mass is 336 g/mol. The van der Waals surface area contributed by atoms with Crippen LogP contribution in [0.4, 0.5) is 0 Å². The van der Waals surface area contributed by atoms with Crippen LogP contribution < -0.4 is 0 Å². The fraction of sp³-hybridized carbons (Fsp3) is 0.650. The van der Waals surface area contributed by atoms with Gasteiger partial charge in [0.1, 0.15) is 5.75 Å². The third kappa shape index (κ3) is 5.23. The standard InChI is InChI=1S/C20H32O4/c1-19(2,3)15-10-14(11-16(18(15)23)20(4,5)6)13(8-9-24-7)12-17(21)22/h10-11,13,23H,8-9,12H2,1-7H3,(H,21,22). The summed E-state index contributed by atoms with van der Waals surface area (Å²) in [7, 11) is 1.62. The predicted molar refractivity (Wildman–Crippen MR) is 97.0 cm³/mol. The highest BCUT2D eigenvalue weighted by molar-refractivity contribution is 5.68. The van der Waals surface area contributed by atoms with Crippen molar-refractivity contribution in [3.05, 3.63) is 28.8 Å². The van der Waals surface area contributed by atoms with Crippen molar-refractivity contribution in [2.75, 3.05) is 13.7 Å². The zero-order chi connectivity index (χ0) is 18.7. The topological polar surface area (TPSA) is 66.8 Å². The molecule has 0 aliphatic heterocycles. The van der Waals surface area contributed by atoms with Crippen LogP contribution in [-0.4, -0.2) is 29.9 Å². The molecule has 0 radical (unpaired) electrons. The summed E-state index contributed by atoms with van der Waals surface area (Å²) in [6.07, 6.45) is 0.696. The van der Waals surface area contributed by atoms with Gasteiger partial charge < -0.3 is 14.9 Å². The minimum Gasteiger partial charge on any atom is -0.507 e. The zero-order valence-corrected chi connectivity index (χ0v) is 16.1. The van der Waals surface area contributed by atoms with Crippen LogP contribution in [0.2, 0.25) is 0 Å². The van der Waals surface area contributed by atoms with Crippen molar-refractivity contribution in [1.29, 1.82) is 0 Å². The lowest BCUT2D eigenvalue weighted by Crippen LogP contribution is -2.19. The summed E-state index contributed by atoms with van der Waals surface area (Å²) in [5.41, 5.74) is 2.22. The summed E-state index contributed by atoms with van der Waals surface area (Å²) >= 11 is 0. The first-order chi connectivity index (χ1) is 10.9. The van der Waals surface area contributed by atoms with Crippen LogP contribution in [0, 0.1) is 0 Å². The van der Waals surface area contributed by atoms with Gasteiger partial charge in [-0.05, 0) is 39.9 Å². The minimum absolute atomic E-state index is 0.0568. The highest BCUT2D eigenvalue weighted by Crippen LogP contribution is 2.42. The van der Waals surface area contributed by atoms with Crippen LogP contribution >= 0.6 is 0 Å². The number of carbonyl (C=O) groups is 1. The van der Waals surface area contributed by atoms with E-state index in [0.717, 1.165) is 16.7 Å². The number of carboxylic acid groups (broad SMARTS) is 1. The van der Waals surface area contributed by atoms with E-state index in [-0.39, 0.29) is 23.2 Å². The number of aliphatic carboxylic acids is 1. The average Bonchev–Trinajstić information content (AvgIpc) is 2.40. The van der Waals surface area contributed by atoms with Gasteiger partial charge in [0.15, 0.2) is 0 Å². The van der Waals surface area contributed by atoms with Gasteiger partial charge in [0.05, 0.1) is 6.42 Å². The van der Waals surface area contributed by atoms with Gasteiger partial charge in [0.25, 0.3) is 0 Å². The molecule has 24 heavy (non-hydrogen) atoms. The van der Waals surface area contributed by atoms with E-state index in [1.807, 2.05) is 12.1 Å². The van der Waals surface area contributed by atoms with Crippen molar-refractivity contribution in [2.45, 2.75) is 71.1 Å². The summed E-state index contributed by atoms with van der Waals surface area (Å²) < 4.78 is 5.15. The first kappa shape index (κ1) is 20.5. The van der Waals surface area contributed by atoms with Crippen molar-refractivity contribution in [3.8, 4) is 5.75 Å². The Labute approximate surface area is 145 Å². The number of hydrogen-bond acceptors (Lipinski definition) is 3. The molecule has 1 aromatic carbocycles. The molecule has 4 nitrogen and oxygen atoms in total. The molecule has 2 N–H and O–H groups in total. The Morgan fingerprint density at radius 2 is 1.54 bits per heavy atom. The molecule has 0 bridgehead atoms. The van der Waals surface area contributed by atoms with Crippen molar-refractivity contribution in [2.24, 2.45) is 0 Å². The second-order valence-corrected chi connectivity index (χ2v) is 8.54. The molecule has 0 saturated carbocycles. The number of methoxy groups -OCH3 is 1. The quantitative estimate of drug-likeness (QED) is 0.798. The number of phenolic OH excluding ortho intramolecular Hbond substituents is 1. The zero-order valence-electron chi connectivity index (χ0n) is 16.1. The predicted octanol–water partition coefficient (Wildman–Crippen LogP) is 4.58. The first-order valence-corrected chi connectivity index (χ1v) is 8.46. The summed E-state index contributed by atoms with van der Waals surface area (Å²) in [5, 5.41) is 20.1. The molecule has 1 atom stereocenters. The van der Waals surface area contributed by atoms with Gasteiger partial charge in [-0.25, -0.2) is 0 Å². The van der Waals surface area contributed by atoms with Crippen molar-refractivity contribution in [1.82, 2.24) is 0 Å². The lowest BCUT2D eigenvalue weighted by molar-refractivity contribution is -0.137. The normalized spacial score (nSPS) is 13.8. The van der Waals surface area contributed by atoms with Gasteiger partial charge in [-0.3, -0.25) is 4.79 Å². The second kappa shape index (κ2) is 7.56. The Morgan fingerprint density at radius 1 is 1.08 bits per heavy atom. The maximum absolute atomic E-state index is 11.3. The first-order valence-electron chi connectivity index (χ1n) is 8.46. The fourth-order valence-electron chi connectivity index (χ4n) is 2.89. The molecule has 0 fully saturated rings. The molecule has 1 unspecified atom stereocenters. The van der Waals surface area contributed by atoms with E-state index in [2.05, 4.69) is 41.5 Å². The molecule has 0 aromatic heterocycles. The molecular weight excluding hydrogens is 304 g/mol. The molecule has 0 spiro atoms. The number of benzene rings is 1. The Bertz CT molecular complexity index is 541. The van der Waals surface area contributed by atoms with E-state index < -0.39 is 5.97 Å². The number of ether oxygens (including phenoxy) is 1. The molecule has 0 aliphatic rings. The van der Waals surface area contributed by atoms with Gasteiger partial charge in [-0.2, -0.15) is 0 Å². The van der Waals surface area contributed by atoms with E-state index >= 15 is 0 Å². The highest BCUT2D eigenvalue weighted by Gasteiger charge is 2.28. The molecule has 0 saturated heterocycles. The van der Waals surface area contributed by atoms with Gasteiger partial charge in [0.2, 0.25) is 0 Å². The van der Waals surface area contributed by atoms with Gasteiger partial charge in [-0.15, -0.1) is 0 Å².